The van der Waals surface area contributed by atoms with E-state index in [1.165, 1.54) is 0 Å². The first kappa shape index (κ1) is 12.4. The molecule has 1 heterocycles. The summed E-state index contributed by atoms with van der Waals surface area (Å²) in [5.74, 6) is 0.834. The molecule has 0 aliphatic carbocycles. The van der Waals surface area contributed by atoms with Crippen LogP contribution in [0, 0.1) is 18.3 Å². The van der Waals surface area contributed by atoms with Gasteiger partial charge in [0.1, 0.15) is 17.0 Å². The van der Waals surface area contributed by atoms with Crippen LogP contribution in [0.4, 0.5) is 0 Å². The average Bonchev–Trinajstić information content (AvgIpc) is 2.39. The molecule has 0 fully saturated rings. The minimum atomic E-state index is 0.228. The van der Waals surface area contributed by atoms with Crippen LogP contribution in [-0.2, 0) is 0 Å². The molecular formula is C14H11ClN2O. The third-order valence-electron chi connectivity index (χ3n) is 2.69. The minimum Gasteiger partial charge on any atom is -0.496 e. The number of nitrogens with zero attached hydrogens (tertiary/aromatic N) is 2. The van der Waals surface area contributed by atoms with E-state index in [2.05, 4.69) is 4.98 Å². The van der Waals surface area contributed by atoms with E-state index in [9.17, 15) is 0 Å². The van der Waals surface area contributed by atoms with E-state index in [0.29, 0.717) is 5.56 Å². The van der Waals surface area contributed by atoms with Gasteiger partial charge in [0.25, 0.3) is 0 Å². The van der Waals surface area contributed by atoms with Crippen molar-refractivity contribution in [1.82, 2.24) is 4.98 Å². The predicted molar refractivity (Wildman–Crippen MR) is 70.7 cm³/mol. The van der Waals surface area contributed by atoms with E-state index >= 15 is 0 Å². The quantitative estimate of drug-likeness (QED) is 0.774. The lowest BCUT2D eigenvalue weighted by Gasteiger charge is -2.07. The molecule has 0 bridgehead atoms. The van der Waals surface area contributed by atoms with Crippen molar-refractivity contribution in [2.24, 2.45) is 0 Å². The second-order valence-corrected chi connectivity index (χ2v) is 4.22. The van der Waals surface area contributed by atoms with Crippen LogP contribution in [0.25, 0.3) is 11.1 Å². The monoisotopic (exact) mass is 258 g/mol. The summed E-state index contributed by atoms with van der Waals surface area (Å²) in [5, 5.41) is 9.16. The zero-order valence-corrected chi connectivity index (χ0v) is 10.8. The standard InChI is InChI=1S/C14H11ClN2O/c1-9-5-10(3-4-13(9)18-2)12-6-11(7-16)14(15)17-8-12/h3-6,8H,1-2H3. The second-order valence-electron chi connectivity index (χ2n) is 3.86. The fraction of sp³-hybridized carbons (Fsp3) is 0.143. The van der Waals surface area contributed by atoms with E-state index in [4.69, 9.17) is 21.6 Å². The summed E-state index contributed by atoms with van der Waals surface area (Å²) in [4.78, 5) is 4.01. The molecule has 0 aliphatic rings. The average molecular weight is 259 g/mol. The van der Waals surface area contributed by atoms with Crippen molar-refractivity contribution in [3.8, 4) is 22.9 Å². The first-order valence-corrected chi connectivity index (χ1v) is 5.74. The molecule has 1 aromatic heterocycles. The molecule has 0 radical (unpaired) electrons. The Labute approximate surface area is 111 Å². The Morgan fingerprint density at radius 3 is 2.67 bits per heavy atom. The summed E-state index contributed by atoms with van der Waals surface area (Å²) in [5.41, 5.74) is 3.25. The number of methoxy groups -OCH3 is 1. The summed E-state index contributed by atoms with van der Waals surface area (Å²) in [6.07, 6.45) is 1.66. The number of pyridine rings is 1. The molecule has 18 heavy (non-hydrogen) atoms. The molecule has 0 N–H and O–H groups in total. The highest BCUT2D eigenvalue weighted by Crippen LogP contribution is 2.27. The maximum atomic E-state index is 8.93. The van der Waals surface area contributed by atoms with Crippen LogP contribution in [0.15, 0.2) is 30.5 Å². The number of hydrogen-bond donors (Lipinski definition) is 0. The largest absolute Gasteiger partial charge is 0.496 e. The maximum absolute atomic E-state index is 8.93. The van der Waals surface area contributed by atoms with Crippen molar-refractivity contribution >= 4 is 11.6 Å². The van der Waals surface area contributed by atoms with Crippen molar-refractivity contribution in [3.05, 3.63) is 46.7 Å². The fourth-order valence-corrected chi connectivity index (χ4v) is 1.89. The van der Waals surface area contributed by atoms with Gasteiger partial charge in [-0.25, -0.2) is 4.98 Å². The summed E-state index contributed by atoms with van der Waals surface area (Å²) >= 11 is 5.81. The number of aromatic nitrogens is 1. The van der Waals surface area contributed by atoms with Gasteiger partial charge in [-0.1, -0.05) is 17.7 Å². The Balaban J connectivity index is 2.49. The van der Waals surface area contributed by atoms with Gasteiger partial charge in [0.05, 0.1) is 12.7 Å². The summed E-state index contributed by atoms with van der Waals surface area (Å²) in [7, 11) is 1.64. The van der Waals surface area contributed by atoms with Crippen LogP contribution in [0.3, 0.4) is 0 Å². The molecule has 3 nitrogen and oxygen atoms in total. The third kappa shape index (κ3) is 2.29. The van der Waals surface area contributed by atoms with E-state index in [-0.39, 0.29) is 5.15 Å². The third-order valence-corrected chi connectivity index (χ3v) is 2.99. The Hall–Kier alpha value is -2.05. The van der Waals surface area contributed by atoms with Crippen LogP contribution in [0.2, 0.25) is 5.15 Å². The SMILES string of the molecule is COc1ccc(-c2cnc(Cl)c(C#N)c2)cc1C. The number of halogens is 1. The number of ether oxygens (including phenoxy) is 1. The molecule has 0 atom stereocenters. The molecule has 4 heteroatoms. The van der Waals surface area contributed by atoms with Gasteiger partial charge in [-0.05, 0) is 36.2 Å². The van der Waals surface area contributed by atoms with E-state index in [1.54, 1.807) is 19.4 Å². The molecule has 0 saturated carbocycles. The summed E-state index contributed by atoms with van der Waals surface area (Å²) < 4.78 is 5.21. The Kier molecular flexibility index (Phi) is 3.50. The topological polar surface area (TPSA) is 45.9 Å². The second kappa shape index (κ2) is 5.07. The minimum absolute atomic E-state index is 0.228. The summed E-state index contributed by atoms with van der Waals surface area (Å²) in [6, 6.07) is 9.57. The molecule has 0 amide bonds. The van der Waals surface area contributed by atoms with Crippen LogP contribution >= 0.6 is 11.6 Å². The van der Waals surface area contributed by atoms with E-state index < -0.39 is 0 Å². The molecule has 0 spiro atoms. The van der Waals surface area contributed by atoms with Gasteiger partial charge in [-0.15, -0.1) is 0 Å². The Morgan fingerprint density at radius 2 is 2.06 bits per heavy atom. The van der Waals surface area contributed by atoms with Gasteiger partial charge in [-0.3, -0.25) is 0 Å². The highest BCUT2D eigenvalue weighted by molar-refractivity contribution is 6.30. The van der Waals surface area contributed by atoms with Gasteiger partial charge in [0.15, 0.2) is 0 Å². The first-order valence-electron chi connectivity index (χ1n) is 5.36. The lowest BCUT2D eigenvalue weighted by atomic mass is 10.0. The predicted octanol–water partition coefficient (Wildman–Crippen LogP) is 3.59. The normalized spacial score (nSPS) is 9.89. The number of hydrogen-bond acceptors (Lipinski definition) is 3. The highest BCUT2D eigenvalue weighted by atomic mass is 35.5. The lowest BCUT2D eigenvalue weighted by molar-refractivity contribution is 0.412. The number of aryl methyl sites for hydroxylation is 1. The van der Waals surface area contributed by atoms with Crippen LogP contribution in [0.1, 0.15) is 11.1 Å². The van der Waals surface area contributed by atoms with Gasteiger partial charge < -0.3 is 4.74 Å². The lowest BCUT2D eigenvalue weighted by Crippen LogP contribution is -1.89. The molecular weight excluding hydrogens is 248 g/mol. The van der Waals surface area contributed by atoms with E-state index in [0.717, 1.165) is 22.4 Å². The van der Waals surface area contributed by atoms with Crippen molar-refractivity contribution < 1.29 is 4.74 Å². The van der Waals surface area contributed by atoms with Crippen molar-refractivity contribution in [2.45, 2.75) is 6.92 Å². The van der Waals surface area contributed by atoms with Crippen LogP contribution in [-0.4, -0.2) is 12.1 Å². The zero-order valence-electron chi connectivity index (χ0n) is 10.1. The Bertz CT molecular complexity index is 632. The van der Waals surface area contributed by atoms with Gasteiger partial charge in [0.2, 0.25) is 0 Å². The molecule has 90 valence electrons. The van der Waals surface area contributed by atoms with Gasteiger partial charge in [0, 0.05) is 11.8 Å². The molecule has 1 aromatic carbocycles. The van der Waals surface area contributed by atoms with Crippen LogP contribution in [0.5, 0.6) is 5.75 Å². The fourth-order valence-electron chi connectivity index (χ4n) is 1.74. The maximum Gasteiger partial charge on any atom is 0.146 e. The van der Waals surface area contributed by atoms with Gasteiger partial charge >= 0.3 is 0 Å². The van der Waals surface area contributed by atoms with E-state index in [1.807, 2.05) is 31.2 Å². The molecule has 0 aliphatic heterocycles. The number of rotatable bonds is 2. The highest BCUT2D eigenvalue weighted by Gasteiger charge is 2.06. The molecule has 2 rings (SSSR count). The Morgan fingerprint density at radius 1 is 1.28 bits per heavy atom. The summed E-state index contributed by atoms with van der Waals surface area (Å²) in [6.45, 7) is 1.97. The molecule has 0 unspecified atom stereocenters. The molecule has 2 aromatic rings. The van der Waals surface area contributed by atoms with Crippen molar-refractivity contribution in [2.75, 3.05) is 7.11 Å². The number of nitriles is 1. The zero-order chi connectivity index (χ0) is 13.1. The smallest absolute Gasteiger partial charge is 0.146 e. The molecule has 0 saturated heterocycles. The van der Waals surface area contributed by atoms with Crippen molar-refractivity contribution in [3.63, 3.8) is 0 Å². The van der Waals surface area contributed by atoms with Crippen molar-refractivity contribution in [1.29, 1.82) is 5.26 Å². The first-order chi connectivity index (χ1) is 8.65. The van der Waals surface area contributed by atoms with Gasteiger partial charge in [-0.2, -0.15) is 5.26 Å². The number of benzene rings is 1. The van der Waals surface area contributed by atoms with Crippen LogP contribution < -0.4 is 4.74 Å².